The van der Waals surface area contributed by atoms with Gasteiger partial charge < -0.3 is 5.32 Å². The molecule has 86 valence electrons. The highest BCUT2D eigenvalue weighted by molar-refractivity contribution is 7.10. The smallest absolute Gasteiger partial charge is 0.315 e. The van der Waals surface area contributed by atoms with E-state index < -0.39 is 11.6 Å². The summed E-state index contributed by atoms with van der Waals surface area (Å²) in [7, 11) is 0. The van der Waals surface area contributed by atoms with Crippen LogP contribution in [0.15, 0.2) is 34.3 Å². The van der Waals surface area contributed by atoms with Gasteiger partial charge in [-0.25, -0.2) is 4.79 Å². The van der Waals surface area contributed by atoms with Crippen LogP contribution in [0.3, 0.4) is 0 Å². The van der Waals surface area contributed by atoms with Crippen LogP contribution in [0.2, 0.25) is 0 Å². The predicted molar refractivity (Wildman–Crippen MR) is 66.1 cm³/mol. The fourth-order valence-corrected chi connectivity index (χ4v) is 3.55. The second-order valence-electron chi connectivity index (χ2n) is 3.65. The third-order valence-electron chi connectivity index (χ3n) is 2.71. The summed E-state index contributed by atoms with van der Waals surface area (Å²) in [6, 6.07) is 5.13. The molecule has 0 aromatic carbocycles. The Labute approximate surface area is 105 Å². The Balaban J connectivity index is 2.22. The average molecular weight is 264 g/mol. The summed E-state index contributed by atoms with van der Waals surface area (Å²) >= 11 is 2.95. The lowest BCUT2D eigenvalue weighted by Gasteiger charge is -2.23. The maximum atomic E-state index is 12.1. The maximum Gasteiger partial charge on any atom is 0.322 e. The Morgan fingerprint density at radius 3 is 2.59 bits per heavy atom. The van der Waals surface area contributed by atoms with Crippen molar-refractivity contribution in [1.29, 1.82) is 0 Å². The van der Waals surface area contributed by atoms with Crippen LogP contribution < -0.4 is 10.6 Å². The lowest BCUT2D eigenvalue weighted by atomic mass is 9.90. The number of imide groups is 1. The van der Waals surface area contributed by atoms with Crippen molar-refractivity contribution >= 4 is 34.6 Å². The molecule has 2 N–H and O–H groups in total. The van der Waals surface area contributed by atoms with E-state index in [1.807, 2.05) is 34.3 Å². The lowest BCUT2D eigenvalue weighted by molar-refractivity contribution is -0.122. The van der Waals surface area contributed by atoms with Crippen LogP contribution in [0, 0.1) is 0 Å². The lowest BCUT2D eigenvalue weighted by Crippen LogP contribution is -2.43. The molecule has 1 fully saturated rings. The van der Waals surface area contributed by atoms with Gasteiger partial charge in [0.15, 0.2) is 5.54 Å². The van der Waals surface area contributed by atoms with Gasteiger partial charge in [0.05, 0.1) is 0 Å². The molecule has 0 radical (unpaired) electrons. The number of rotatable bonds is 2. The summed E-state index contributed by atoms with van der Waals surface area (Å²) in [5, 5.41) is 10.7. The minimum Gasteiger partial charge on any atom is -0.315 e. The third-order valence-corrected chi connectivity index (χ3v) is 4.39. The summed E-state index contributed by atoms with van der Waals surface area (Å²) < 4.78 is 0. The van der Waals surface area contributed by atoms with Crippen LogP contribution >= 0.6 is 22.7 Å². The van der Waals surface area contributed by atoms with E-state index in [0.29, 0.717) is 0 Å². The molecule has 1 atom stereocenters. The minimum absolute atomic E-state index is 0.316. The van der Waals surface area contributed by atoms with Crippen molar-refractivity contribution in [2.75, 3.05) is 0 Å². The largest absolute Gasteiger partial charge is 0.322 e. The Morgan fingerprint density at radius 2 is 2.06 bits per heavy atom. The molecule has 2 aromatic rings. The molecule has 1 aliphatic heterocycles. The molecule has 0 bridgehead atoms. The Hall–Kier alpha value is -1.66. The first-order chi connectivity index (χ1) is 8.23. The number of amides is 3. The number of carbonyl (C=O) groups is 2. The summed E-state index contributed by atoms with van der Waals surface area (Å²) in [4.78, 5) is 24.4. The van der Waals surface area contributed by atoms with Crippen molar-refractivity contribution < 1.29 is 9.59 Å². The average Bonchev–Trinajstić information content (AvgIpc) is 2.98. The van der Waals surface area contributed by atoms with E-state index in [9.17, 15) is 9.59 Å². The normalized spacial score (nSPS) is 23.5. The Morgan fingerprint density at radius 1 is 1.18 bits per heavy atom. The first kappa shape index (κ1) is 10.5. The van der Waals surface area contributed by atoms with E-state index in [1.165, 1.54) is 22.7 Å². The van der Waals surface area contributed by atoms with Crippen molar-refractivity contribution in [2.45, 2.75) is 5.54 Å². The zero-order valence-corrected chi connectivity index (χ0v) is 10.2. The molecule has 3 heterocycles. The number of thiophene rings is 2. The van der Waals surface area contributed by atoms with Crippen LogP contribution in [0.25, 0.3) is 0 Å². The highest BCUT2D eigenvalue weighted by Gasteiger charge is 2.50. The number of nitrogens with one attached hydrogen (secondary N) is 2. The van der Waals surface area contributed by atoms with Gasteiger partial charge in [-0.3, -0.25) is 10.1 Å². The van der Waals surface area contributed by atoms with E-state index >= 15 is 0 Å². The van der Waals surface area contributed by atoms with E-state index in [0.717, 1.165) is 10.4 Å². The van der Waals surface area contributed by atoms with E-state index in [-0.39, 0.29) is 5.91 Å². The first-order valence-electron chi connectivity index (χ1n) is 4.94. The van der Waals surface area contributed by atoms with Crippen molar-refractivity contribution in [3.05, 3.63) is 44.8 Å². The van der Waals surface area contributed by atoms with Gasteiger partial charge in [-0.15, -0.1) is 11.3 Å². The number of carbonyl (C=O) groups excluding carboxylic acids is 2. The highest BCUT2D eigenvalue weighted by atomic mass is 32.1. The van der Waals surface area contributed by atoms with E-state index in [1.54, 1.807) is 0 Å². The second-order valence-corrected chi connectivity index (χ2v) is 5.38. The van der Waals surface area contributed by atoms with Crippen molar-refractivity contribution in [2.24, 2.45) is 0 Å². The van der Waals surface area contributed by atoms with Gasteiger partial charge in [0.2, 0.25) is 0 Å². The van der Waals surface area contributed by atoms with Crippen LogP contribution in [0.1, 0.15) is 10.4 Å². The van der Waals surface area contributed by atoms with Crippen molar-refractivity contribution in [3.63, 3.8) is 0 Å². The van der Waals surface area contributed by atoms with E-state index in [2.05, 4.69) is 10.6 Å². The molecule has 17 heavy (non-hydrogen) atoms. The molecule has 1 unspecified atom stereocenters. The summed E-state index contributed by atoms with van der Waals surface area (Å²) in [6.07, 6.45) is 0. The summed E-state index contributed by atoms with van der Waals surface area (Å²) in [6.45, 7) is 0. The van der Waals surface area contributed by atoms with Gasteiger partial charge in [-0.1, -0.05) is 6.07 Å². The first-order valence-corrected chi connectivity index (χ1v) is 6.76. The van der Waals surface area contributed by atoms with Crippen molar-refractivity contribution in [1.82, 2.24) is 10.6 Å². The molecule has 2 aromatic heterocycles. The molecule has 4 nitrogen and oxygen atoms in total. The van der Waals surface area contributed by atoms with Gasteiger partial charge in [0.25, 0.3) is 5.91 Å². The molecule has 3 rings (SSSR count). The fraction of sp³-hybridized carbons (Fsp3) is 0.0909. The van der Waals surface area contributed by atoms with Crippen molar-refractivity contribution in [3.8, 4) is 0 Å². The molecule has 6 heteroatoms. The van der Waals surface area contributed by atoms with Gasteiger partial charge in [0.1, 0.15) is 0 Å². The monoisotopic (exact) mass is 264 g/mol. The number of urea groups is 1. The molecular weight excluding hydrogens is 256 g/mol. The standard InChI is InChI=1S/C11H8N2O2S2/c14-9-11(13-10(15)12-9,7-3-5-16-6-7)8-2-1-4-17-8/h1-6H,(H2,12,13,14,15). The highest BCUT2D eigenvalue weighted by Crippen LogP contribution is 2.36. The minimum atomic E-state index is -1.05. The molecule has 0 saturated carbocycles. The quantitative estimate of drug-likeness (QED) is 0.814. The summed E-state index contributed by atoms with van der Waals surface area (Å²) in [5.41, 5.74) is -0.251. The Bertz CT molecular complexity index is 526. The SMILES string of the molecule is O=C1NC(=O)C(c2ccsc2)(c2cccs2)N1. The zero-order chi connectivity index (χ0) is 11.9. The van der Waals surface area contributed by atoms with E-state index in [4.69, 9.17) is 0 Å². The zero-order valence-electron chi connectivity index (χ0n) is 8.60. The van der Waals surface area contributed by atoms with Gasteiger partial charge >= 0.3 is 6.03 Å². The topological polar surface area (TPSA) is 58.2 Å². The number of hydrogen-bond acceptors (Lipinski definition) is 4. The predicted octanol–water partition coefficient (Wildman–Crippen LogP) is 1.89. The van der Waals surface area contributed by atoms with Gasteiger partial charge in [-0.2, -0.15) is 11.3 Å². The fourth-order valence-electron chi connectivity index (χ4n) is 1.94. The second kappa shape index (κ2) is 3.68. The van der Waals surface area contributed by atoms with Crippen LogP contribution in [0.4, 0.5) is 4.79 Å². The molecule has 1 saturated heterocycles. The van der Waals surface area contributed by atoms with Gasteiger partial charge in [0, 0.05) is 10.4 Å². The molecule has 0 spiro atoms. The molecular formula is C11H8N2O2S2. The van der Waals surface area contributed by atoms with Crippen LogP contribution in [-0.2, 0) is 10.3 Å². The van der Waals surface area contributed by atoms with Crippen LogP contribution in [0.5, 0.6) is 0 Å². The van der Waals surface area contributed by atoms with Crippen LogP contribution in [-0.4, -0.2) is 11.9 Å². The molecule has 1 aliphatic rings. The molecule has 0 aliphatic carbocycles. The maximum absolute atomic E-state index is 12.1. The third kappa shape index (κ3) is 1.41. The Kier molecular flexibility index (Phi) is 2.27. The number of hydrogen-bond donors (Lipinski definition) is 2. The summed E-state index contributed by atoms with van der Waals surface area (Å²) in [5.74, 6) is -0.316. The molecule has 3 amide bonds. The van der Waals surface area contributed by atoms with Gasteiger partial charge in [-0.05, 0) is 28.3 Å².